The average molecular weight is 345 g/mol. The quantitative estimate of drug-likeness (QED) is 0.685. The molecular weight excluding hydrogens is 318 g/mol. The maximum atomic E-state index is 11.9. The Morgan fingerprint density at radius 2 is 2.00 bits per heavy atom. The highest BCUT2D eigenvalue weighted by Gasteiger charge is 2.25. The maximum Gasteiger partial charge on any atom is 0.227 e. The van der Waals surface area contributed by atoms with Gasteiger partial charge < -0.3 is 14.0 Å². The second-order valence-electron chi connectivity index (χ2n) is 6.25. The zero-order chi connectivity index (χ0) is 17.0. The monoisotopic (exact) mass is 345 g/mol. The Bertz CT molecular complexity index is 604. The minimum Gasteiger partial charge on any atom is -0.385 e. The Morgan fingerprint density at radius 1 is 1.35 bits per heavy atom. The lowest BCUT2D eigenvalue weighted by molar-refractivity contribution is -0.0710. The molecule has 2 rings (SSSR count). The van der Waals surface area contributed by atoms with Crippen LogP contribution in [0.4, 0.5) is 0 Å². The number of aromatic nitrogens is 2. The number of sulfone groups is 1. The van der Waals surface area contributed by atoms with Crippen molar-refractivity contribution in [1.29, 1.82) is 0 Å². The number of hydrogen-bond donors (Lipinski definition) is 0. The molecule has 0 bridgehead atoms. The van der Waals surface area contributed by atoms with Crippen molar-refractivity contribution in [2.75, 3.05) is 33.1 Å². The van der Waals surface area contributed by atoms with E-state index in [0.29, 0.717) is 19.7 Å². The van der Waals surface area contributed by atoms with Crippen LogP contribution in [-0.4, -0.2) is 68.1 Å². The van der Waals surface area contributed by atoms with Gasteiger partial charge in [-0.1, -0.05) is 0 Å². The highest BCUT2D eigenvalue weighted by molar-refractivity contribution is 7.90. The number of hydrogen-bond acceptors (Lipinski definition) is 6. The van der Waals surface area contributed by atoms with Crippen LogP contribution in [0.1, 0.15) is 26.0 Å². The smallest absolute Gasteiger partial charge is 0.227 e. The van der Waals surface area contributed by atoms with E-state index < -0.39 is 9.84 Å². The van der Waals surface area contributed by atoms with Crippen molar-refractivity contribution in [3.63, 3.8) is 0 Å². The average Bonchev–Trinajstić information content (AvgIpc) is 2.81. The Kier molecular flexibility index (Phi) is 6.19. The van der Waals surface area contributed by atoms with Crippen molar-refractivity contribution in [1.82, 2.24) is 14.5 Å². The van der Waals surface area contributed by atoms with E-state index in [0.717, 1.165) is 25.2 Å². The lowest BCUT2D eigenvalue weighted by atomic mass is 10.2. The first-order valence-electron chi connectivity index (χ1n) is 7.92. The number of morpholine rings is 1. The van der Waals surface area contributed by atoms with Crippen molar-refractivity contribution >= 4 is 9.84 Å². The van der Waals surface area contributed by atoms with Crippen LogP contribution in [0.15, 0.2) is 11.4 Å². The number of imidazole rings is 1. The summed E-state index contributed by atoms with van der Waals surface area (Å²) in [6, 6.07) is 0. The molecule has 8 heteroatoms. The molecule has 0 unspecified atom stereocenters. The molecule has 0 amide bonds. The molecule has 1 aromatic rings. The van der Waals surface area contributed by atoms with E-state index in [9.17, 15) is 8.42 Å². The molecule has 1 aliphatic rings. The zero-order valence-electron chi connectivity index (χ0n) is 14.4. The molecule has 0 aromatic carbocycles. The topological polar surface area (TPSA) is 73.7 Å². The van der Waals surface area contributed by atoms with Gasteiger partial charge in [0.15, 0.2) is 0 Å². The summed E-state index contributed by atoms with van der Waals surface area (Å²) in [4.78, 5) is 6.43. The lowest BCUT2D eigenvalue weighted by Crippen LogP contribution is -2.45. The second kappa shape index (κ2) is 7.74. The van der Waals surface area contributed by atoms with Gasteiger partial charge in [0, 0.05) is 46.2 Å². The van der Waals surface area contributed by atoms with E-state index in [1.807, 2.05) is 0 Å². The van der Waals surface area contributed by atoms with Crippen molar-refractivity contribution in [2.24, 2.45) is 0 Å². The molecule has 0 N–H and O–H groups in total. The predicted molar refractivity (Wildman–Crippen MR) is 87.1 cm³/mol. The van der Waals surface area contributed by atoms with Gasteiger partial charge in [0.05, 0.1) is 24.1 Å². The maximum absolute atomic E-state index is 11.9. The van der Waals surface area contributed by atoms with Crippen molar-refractivity contribution in [3.05, 3.63) is 11.9 Å². The highest BCUT2D eigenvalue weighted by atomic mass is 32.2. The fourth-order valence-corrected chi connectivity index (χ4v) is 3.92. The van der Waals surface area contributed by atoms with Gasteiger partial charge in [-0.25, -0.2) is 13.4 Å². The SMILES string of the molecule is COCCCn1c(CN2C[C@@H](C)O[C@@H](C)C2)cnc1S(C)(=O)=O. The Labute approximate surface area is 138 Å². The molecule has 2 heterocycles. The molecule has 0 radical (unpaired) electrons. The van der Waals surface area contributed by atoms with Gasteiger partial charge in [-0.15, -0.1) is 0 Å². The van der Waals surface area contributed by atoms with Crippen LogP contribution in [0.2, 0.25) is 0 Å². The molecule has 0 spiro atoms. The fraction of sp³-hybridized carbons (Fsp3) is 0.800. The Balaban J connectivity index is 2.18. The number of rotatable bonds is 7. The van der Waals surface area contributed by atoms with E-state index in [1.54, 1.807) is 17.9 Å². The highest BCUT2D eigenvalue weighted by Crippen LogP contribution is 2.18. The van der Waals surface area contributed by atoms with Crippen LogP contribution in [-0.2, 0) is 32.4 Å². The molecule has 23 heavy (non-hydrogen) atoms. The standard InChI is InChI=1S/C15H27N3O4S/c1-12-9-17(10-13(2)22-12)11-14-8-16-15(23(4,19)20)18(14)6-5-7-21-3/h8,12-13H,5-7,9-11H2,1-4H3/t12-,13+. The molecule has 0 saturated carbocycles. The fourth-order valence-electron chi connectivity index (χ4n) is 3.06. The van der Waals surface area contributed by atoms with Gasteiger partial charge in [-0.3, -0.25) is 4.90 Å². The van der Waals surface area contributed by atoms with E-state index in [1.165, 1.54) is 6.26 Å². The summed E-state index contributed by atoms with van der Waals surface area (Å²) < 4.78 is 36.5. The van der Waals surface area contributed by atoms with E-state index in [-0.39, 0.29) is 17.4 Å². The second-order valence-corrected chi connectivity index (χ2v) is 8.16. The summed E-state index contributed by atoms with van der Waals surface area (Å²) in [5, 5.41) is 0.137. The Hall–Kier alpha value is -0.960. The van der Waals surface area contributed by atoms with Crippen LogP contribution in [0.5, 0.6) is 0 Å². The van der Waals surface area contributed by atoms with Crippen LogP contribution in [0.3, 0.4) is 0 Å². The molecule has 1 aliphatic heterocycles. The number of ether oxygens (including phenoxy) is 2. The molecule has 132 valence electrons. The van der Waals surface area contributed by atoms with E-state index in [2.05, 4.69) is 23.7 Å². The van der Waals surface area contributed by atoms with Crippen LogP contribution in [0, 0.1) is 0 Å². The van der Waals surface area contributed by atoms with Gasteiger partial charge in [0.2, 0.25) is 15.0 Å². The molecule has 1 saturated heterocycles. The van der Waals surface area contributed by atoms with Gasteiger partial charge in [0.1, 0.15) is 0 Å². The first-order chi connectivity index (χ1) is 10.8. The summed E-state index contributed by atoms with van der Waals surface area (Å²) in [6.45, 7) is 7.63. The lowest BCUT2D eigenvalue weighted by Gasteiger charge is -2.35. The minimum absolute atomic E-state index is 0.137. The number of nitrogens with zero attached hydrogens (tertiary/aromatic N) is 3. The minimum atomic E-state index is -3.34. The van der Waals surface area contributed by atoms with Crippen molar-refractivity contribution in [2.45, 2.75) is 50.7 Å². The summed E-state index contributed by atoms with van der Waals surface area (Å²) >= 11 is 0. The van der Waals surface area contributed by atoms with Crippen molar-refractivity contribution < 1.29 is 17.9 Å². The Morgan fingerprint density at radius 3 is 2.57 bits per heavy atom. The third-order valence-corrected chi connectivity index (χ3v) is 4.83. The molecule has 1 aromatic heterocycles. The third-order valence-electron chi connectivity index (χ3n) is 3.84. The largest absolute Gasteiger partial charge is 0.385 e. The molecule has 0 aliphatic carbocycles. The first kappa shape index (κ1) is 18.4. The molecule has 2 atom stereocenters. The zero-order valence-corrected chi connectivity index (χ0v) is 15.2. The summed E-state index contributed by atoms with van der Waals surface area (Å²) in [7, 11) is -1.70. The molecular formula is C15H27N3O4S. The predicted octanol–water partition coefficient (Wildman–Crippen LogP) is 0.932. The van der Waals surface area contributed by atoms with Gasteiger partial charge in [0.25, 0.3) is 0 Å². The van der Waals surface area contributed by atoms with Crippen LogP contribution < -0.4 is 0 Å². The van der Waals surface area contributed by atoms with Gasteiger partial charge in [-0.2, -0.15) is 0 Å². The summed E-state index contributed by atoms with van der Waals surface area (Å²) in [6.07, 6.45) is 3.98. The van der Waals surface area contributed by atoms with Gasteiger partial charge >= 0.3 is 0 Å². The summed E-state index contributed by atoms with van der Waals surface area (Å²) in [5.41, 5.74) is 0.919. The summed E-state index contributed by atoms with van der Waals surface area (Å²) in [5.74, 6) is 0. The van der Waals surface area contributed by atoms with Crippen molar-refractivity contribution in [3.8, 4) is 0 Å². The van der Waals surface area contributed by atoms with Crippen LogP contribution >= 0.6 is 0 Å². The van der Waals surface area contributed by atoms with Crippen LogP contribution in [0.25, 0.3) is 0 Å². The van der Waals surface area contributed by atoms with Gasteiger partial charge in [-0.05, 0) is 20.3 Å². The molecule has 7 nitrogen and oxygen atoms in total. The molecule has 1 fully saturated rings. The third kappa shape index (κ3) is 5.00. The van der Waals surface area contributed by atoms with E-state index >= 15 is 0 Å². The number of methoxy groups -OCH3 is 1. The first-order valence-corrected chi connectivity index (χ1v) is 9.81. The normalized spacial score (nSPS) is 23.3. The van der Waals surface area contributed by atoms with E-state index in [4.69, 9.17) is 9.47 Å².